The van der Waals surface area contributed by atoms with Crippen LogP contribution < -0.4 is 0 Å². The number of sulfone groups is 1. The highest BCUT2D eigenvalue weighted by Gasteiger charge is 2.12. The SMILES string of the molecule is CS(=O)(=O)CC(O)Cc1cccc(Br)c1. The second kappa shape index (κ2) is 5.09. The van der Waals surface area contributed by atoms with Crippen molar-refractivity contribution >= 4 is 25.8 Å². The van der Waals surface area contributed by atoms with E-state index in [2.05, 4.69) is 15.9 Å². The van der Waals surface area contributed by atoms with E-state index >= 15 is 0 Å². The summed E-state index contributed by atoms with van der Waals surface area (Å²) in [5.74, 6) is -0.195. The molecular formula is C10H13BrO3S. The highest BCUT2D eigenvalue weighted by Crippen LogP contribution is 2.13. The van der Waals surface area contributed by atoms with E-state index in [0.717, 1.165) is 16.3 Å². The molecule has 84 valence electrons. The van der Waals surface area contributed by atoms with Crippen molar-refractivity contribution in [1.29, 1.82) is 0 Å². The number of benzene rings is 1. The lowest BCUT2D eigenvalue weighted by atomic mass is 10.1. The van der Waals surface area contributed by atoms with Crippen LogP contribution in [0.2, 0.25) is 0 Å². The first kappa shape index (κ1) is 12.7. The van der Waals surface area contributed by atoms with Gasteiger partial charge in [-0.15, -0.1) is 0 Å². The summed E-state index contributed by atoms with van der Waals surface area (Å²) in [6.45, 7) is 0. The van der Waals surface area contributed by atoms with Crippen LogP contribution in [0.25, 0.3) is 0 Å². The average molecular weight is 293 g/mol. The number of hydrogen-bond donors (Lipinski definition) is 1. The molecule has 0 aliphatic carbocycles. The van der Waals surface area contributed by atoms with E-state index in [9.17, 15) is 13.5 Å². The maximum atomic E-state index is 10.9. The predicted octanol–water partition coefficient (Wildman–Crippen LogP) is 1.40. The Kier molecular flexibility index (Phi) is 4.31. The summed E-state index contributed by atoms with van der Waals surface area (Å²) in [4.78, 5) is 0. The summed E-state index contributed by atoms with van der Waals surface area (Å²) in [6, 6.07) is 7.46. The second-order valence-electron chi connectivity index (χ2n) is 3.58. The van der Waals surface area contributed by atoms with E-state index in [1.807, 2.05) is 24.3 Å². The van der Waals surface area contributed by atoms with E-state index in [1.165, 1.54) is 0 Å². The molecule has 0 fully saturated rings. The molecule has 0 saturated heterocycles. The minimum atomic E-state index is -3.12. The lowest BCUT2D eigenvalue weighted by molar-refractivity contribution is 0.198. The Labute approximate surface area is 98.2 Å². The van der Waals surface area contributed by atoms with E-state index in [0.29, 0.717) is 6.42 Å². The van der Waals surface area contributed by atoms with Crippen molar-refractivity contribution in [3.63, 3.8) is 0 Å². The second-order valence-corrected chi connectivity index (χ2v) is 6.68. The van der Waals surface area contributed by atoms with Gasteiger partial charge in [-0.25, -0.2) is 8.42 Å². The molecule has 0 saturated carbocycles. The van der Waals surface area contributed by atoms with Gasteiger partial charge >= 0.3 is 0 Å². The van der Waals surface area contributed by atoms with Gasteiger partial charge in [-0.2, -0.15) is 0 Å². The Morgan fingerprint density at radius 1 is 1.47 bits per heavy atom. The number of halogens is 1. The molecule has 0 heterocycles. The molecule has 0 aliphatic rings. The number of hydrogen-bond acceptors (Lipinski definition) is 3. The monoisotopic (exact) mass is 292 g/mol. The van der Waals surface area contributed by atoms with Crippen molar-refractivity contribution in [2.24, 2.45) is 0 Å². The maximum absolute atomic E-state index is 10.9. The largest absolute Gasteiger partial charge is 0.392 e. The lowest BCUT2D eigenvalue weighted by Crippen LogP contribution is -2.21. The van der Waals surface area contributed by atoms with Crippen molar-refractivity contribution in [3.8, 4) is 0 Å². The lowest BCUT2D eigenvalue weighted by Gasteiger charge is -2.09. The van der Waals surface area contributed by atoms with Gasteiger partial charge in [0.05, 0.1) is 11.9 Å². The summed E-state index contributed by atoms with van der Waals surface area (Å²) in [5.41, 5.74) is 0.917. The fraction of sp³-hybridized carbons (Fsp3) is 0.400. The van der Waals surface area contributed by atoms with Crippen LogP contribution in [-0.4, -0.2) is 31.6 Å². The minimum absolute atomic E-state index is 0.195. The molecule has 1 aromatic rings. The highest BCUT2D eigenvalue weighted by atomic mass is 79.9. The topological polar surface area (TPSA) is 54.4 Å². The molecule has 0 aliphatic heterocycles. The van der Waals surface area contributed by atoms with Crippen LogP contribution in [0, 0.1) is 0 Å². The van der Waals surface area contributed by atoms with Gasteiger partial charge in [0.25, 0.3) is 0 Å². The van der Waals surface area contributed by atoms with Crippen LogP contribution in [0.1, 0.15) is 5.56 Å². The molecule has 5 heteroatoms. The number of rotatable bonds is 4. The van der Waals surface area contributed by atoms with Crippen molar-refractivity contribution in [2.45, 2.75) is 12.5 Å². The van der Waals surface area contributed by atoms with Crippen molar-refractivity contribution in [3.05, 3.63) is 34.3 Å². The quantitative estimate of drug-likeness (QED) is 0.913. The summed E-state index contributed by atoms with van der Waals surface area (Å²) < 4.78 is 22.8. The molecule has 0 aromatic heterocycles. The molecule has 1 N–H and O–H groups in total. The molecule has 0 spiro atoms. The molecular weight excluding hydrogens is 280 g/mol. The van der Waals surface area contributed by atoms with Crippen molar-refractivity contribution < 1.29 is 13.5 Å². The first-order chi connectivity index (χ1) is 6.87. The molecule has 3 nitrogen and oxygen atoms in total. The van der Waals surface area contributed by atoms with Crippen LogP contribution in [0.5, 0.6) is 0 Å². The molecule has 1 unspecified atom stereocenters. The maximum Gasteiger partial charge on any atom is 0.150 e. The zero-order valence-corrected chi connectivity index (χ0v) is 10.8. The van der Waals surface area contributed by atoms with Crippen molar-refractivity contribution in [2.75, 3.05) is 12.0 Å². The van der Waals surface area contributed by atoms with Gasteiger partial charge in [0.2, 0.25) is 0 Å². The van der Waals surface area contributed by atoms with Crippen LogP contribution in [0.3, 0.4) is 0 Å². The standard InChI is InChI=1S/C10H13BrO3S/c1-15(13,14)7-10(12)6-8-3-2-4-9(11)5-8/h2-5,10,12H,6-7H2,1H3. The Hall–Kier alpha value is -0.390. The van der Waals surface area contributed by atoms with Gasteiger partial charge in [-0.05, 0) is 24.1 Å². The highest BCUT2D eigenvalue weighted by molar-refractivity contribution is 9.10. The van der Waals surface area contributed by atoms with Crippen molar-refractivity contribution in [1.82, 2.24) is 0 Å². The van der Waals surface area contributed by atoms with Gasteiger partial charge < -0.3 is 5.11 Å². The molecule has 1 atom stereocenters. The van der Waals surface area contributed by atoms with E-state index in [4.69, 9.17) is 0 Å². The Morgan fingerprint density at radius 2 is 2.13 bits per heavy atom. The summed E-state index contributed by atoms with van der Waals surface area (Å²) in [5, 5.41) is 9.53. The third-order valence-electron chi connectivity index (χ3n) is 1.86. The number of aliphatic hydroxyl groups excluding tert-OH is 1. The summed E-state index contributed by atoms with van der Waals surface area (Å²) in [6.07, 6.45) is 0.637. The Morgan fingerprint density at radius 3 is 2.67 bits per heavy atom. The molecule has 1 rings (SSSR count). The van der Waals surface area contributed by atoms with E-state index in [1.54, 1.807) is 0 Å². The fourth-order valence-electron chi connectivity index (χ4n) is 1.34. The number of aliphatic hydroxyl groups is 1. The van der Waals surface area contributed by atoms with E-state index in [-0.39, 0.29) is 5.75 Å². The third kappa shape index (κ3) is 5.30. The van der Waals surface area contributed by atoms with Crippen LogP contribution in [-0.2, 0) is 16.3 Å². The van der Waals surface area contributed by atoms with Gasteiger partial charge in [0.1, 0.15) is 9.84 Å². The summed E-state index contributed by atoms with van der Waals surface area (Å²) >= 11 is 3.31. The normalized spacial score (nSPS) is 13.8. The summed E-state index contributed by atoms with van der Waals surface area (Å²) in [7, 11) is -3.12. The van der Waals surface area contributed by atoms with Gasteiger partial charge in [-0.3, -0.25) is 0 Å². The fourth-order valence-corrected chi connectivity index (χ4v) is 2.61. The Bertz CT molecular complexity index is 428. The first-order valence-electron chi connectivity index (χ1n) is 4.47. The minimum Gasteiger partial charge on any atom is -0.392 e. The zero-order chi connectivity index (χ0) is 11.5. The molecule has 0 amide bonds. The molecule has 0 radical (unpaired) electrons. The van der Waals surface area contributed by atoms with Gasteiger partial charge in [0, 0.05) is 10.7 Å². The Balaban J connectivity index is 2.63. The van der Waals surface area contributed by atoms with Gasteiger partial charge in [0.15, 0.2) is 0 Å². The average Bonchev–Trinajstić information content (AvgIpc) is 1.99. The van der Waals surface area contributed by atoms with E-state index < -0.39 is 15.9 Å². The third-order valence-corrected chi connectivity index (χ3v) is 3.34. The van der Waals surface area contributed by atoms with Crippen LogP contribution in [0.4, 0.5) is 0 Å². The van der Waals surface area contributed by atoms with Gasteiger partial charge in [-0.1, -0.05) is 28.1 Å². The predicted molar refractivity (Wildman–Crippen MR) is 63.6 cm³/mol. The molecule has 1 aromatic carbocycles. The van der Waals surface area contributed by atoms with Crippen LogP contribution in [0.15, 0.2) is 28.7 Å². The first-order valence-corrected chi connectivity index (χ1v) is 7.32. The van der Waals surface area contributed by atoms with Crippen LogP contribution >= 0.6 is 15.9 Å². The zero-order valence-electron chi connectivity index (χ0n) is 8.35. The molecule has 0 bridgehead atoms. The smallest absolute Gasteiger partial charge is 0.150 e. The molecule has 15 heavy (non-hydrogen) atoms.